The van der Waals surface area contributed by atoms with Gasteiger partial charge in [-0.3, -0.25) is 0 Å². The number of rotatable bonds is 4. The van der Waals surface area contributed by atoms with E-state index in [0.717, 1.165) is 5.69 Å². The molecule has 4 nitrogen and oxygen atoms in total. The molecule has 1 aromatic rings. The van der Waals surface area contributed by atoms with Gasteiger partial charge in [0.2, 0.25) is 0 Å². The molecule has 0 aliphatic rings. The third-order valence-corrected chi connectivity index (χ3v) is 3.27. The Balaban J connectivity index is 2.58. The Bertz CT molecular complexity index is 310. The number of nitrogens with two attached hydrogens (primary N) is 1. The minimum Gasteiger partial charge on any atom is -0.395 e. The lowest BCUT2D eigenvalue weighted by atomic mass is 10.2. The number of aliphatic hydroxyl groups excluding tert-OH is 1. The molecule has 0 aliphatic heterocycles. The molecule has 0 unspecified atom stereocenters. The van der Waals surface area contributed by atoms with Gasteiger partial charge in [-0.1, -0.05) is 5.16 Å². The number of hydrogen-bond donors (Lipinski definition) is 2. The molecule has 0 amide bonds. The number of nitrogen functional groups attached to an aromatic ring is 1. The summed E-state index contributed by atoms with van der Waals surface area (Å²) in [5.41, 5.74) is 7.08. The summed E-state index contributed by atoms with van der Waals surface area (Å²) in [7, 11) is 0. The first-order valence-corrected chi connectivity index (χ1v) is 5.40. The quantitative estimate of drug-likeness (QED) is 0.799. The molecule has 0 fully saturated rings. The maximum atomic E-state index is 9.05. The molecule has 14 heavy (non-hydrogen) atoms. The Morgan fingerprint density at radius 3 is 2.64 bits per heavy atom. The van der Waals surface area contributed by atoms with Crippen molar-refractivity contribution in [2.75, 3.05) is 12.3 Å². The fourth-order valence-electron chi connectivity index (χ4n) is 0.834. The topological polar surface area (TPSA) is 72.3 Å². The van der Waals surface area contributed by atoms with Crippen molar-refractivity contribution in [1.82, 2.24) is 5.16 Å². The molecule has 0 aliphatic carbocycles. The molecule has 0 atom stereocenters. The van der Waals surface area contributed by atoms with E-state index in [4.69, 9.17) is 15.4 Å². The van der Waals surface area contributed by atoms with Crippen LogP contribution in [0.1, 0.15) is 25.3 Å². The average Bonchev–Trinajstić information content (AvgIpc) is 2.45. The van der Waals surface area contributed by atoms with Gasteiger partial charge < -0.3 is 15.4 Å². The highest BCUT2D eigenvalue weighted by atomic mass is 32.2. The SMILES string of the molecule is Cc1noc(CSC(C)(C)CO)c1N. The van der Waals surface area contributed by atoms with Gasteiger partial charge in [-0.15, -0.1) is 11.8 Å². The molecule has 0 radical (unpaired) electrons. The minimum absolute atomic E-state index is 0.130. The van der Waals surface area contributed by atoms with Gasteiger partial charge in [-0.05, 0) is 20.8 Å². The van der Waals surface area contributed by atoms with Gasteiger partial charge in [0.1, 0.15) is 5.69 Å². The second-order valence-corrected chi connectivity index (χ2v) is 5.49. The summed E-state index contributed by atoms with van der Waals surface area (Å²) in [4.78, 5) is 0. The summed E-state index contributed by atoms with van der Waals surface area (Å²) in [5.74, 6) is 1.33. The predicted octanol–water partition coefficient (Wildman–Crippen LogP) is 1.57. The van der Waals surface area contributed by atoms with E-state index < -0.39 is 0 Å². The van der Waals surface area contributed by atoms with E-state index in [1.54, 1.807) is 11.8 Å². The summed E-state index contributed by atoms with van der Waals surface area (Å²) < 4.78 is 4.88. The van der Waals surface area contributed by atoms with Gasteiger partial charge >= 0.3 is 0 Å². The number of anilines is 1. The molecule has 1 heterocycles. The van der Waals surface area contributed by atoms with E-state index in [9.17, 15) is 0 Å². The highest BCUT2D eigenvalue weighted by molar-refractivity contribution is 7.99. The van der Waals surface area contributed by atoms with Crippen molar-refractivity contribution >= 4 is 17.4 Å². The van der Waals surface area contributed by atoms with Gasteiger partial charge in [0.15, 0.2) is 5.76 Å². The maximum Gasteiger partial charge on any atom is 0.169 e. The summed E-state index contributed by atoms with van der Waals surface area (Å²) in [6.45, 7) is 5.88. The van der Waals surface area contributed by atoms with Crippen LogP contribution in [0.4, 0.5) is 5.69 Å². The van der Waals surface area contributed by atoms with E-state index in [-0.39, 0.29) is 11.4 Å². The van der Waals surface area contributed by atoms with Gasteiger partial charge in [-0.2, -0.15) is 0 Å². The predicted molar refractivity (Wildman–Crippen MR) is 58.1 cm³/mol. The van der Waals surface area contributed by atoms with E-state index in [0.29, 0.717) is 17.2 Å². The Morgan fingerprint density at radius 1 is 1.57 bits per heavy atom. The van der Waals surface area contributed by atoms with Crippen molar-refractivity contribution in [2.45, 2.75) is 31.3 Å². The first kappa shape index (κ1) is 11.4. The molecule has 0 saturated heterocycles. The van der Waals surface area contributed by atoms with Crippen LogP contribution < -0.4 is 5.73 Å². The zero-order valence-corrected chi connectivity index (χ0v) is 9.52. The number of aryl methyl sites for hydroxylation is 1. The van der Waals surface area contributed by atoms with Crippen molar-refractivity contribution in [2.24, 2.45) is 0 Å². The Labute approximate surface area is 87.8 Å². The van der Waals surface area contributed by atoms with Crippen LogP contribution in [0.5, 0.6) is 0 Å². The number of nitrogens with zero attached hydrogens (tertiary/aromatic N) is 1. The van der Waals surface area contributed by atoms with Crippen LogP contribution in [0.3, 0.4) is 0 Å². The molecule has 3 N–H and O–H groups in total. The number of thioether (sulfide) groups is 1. The first-order chi connectivity index (χ1) is 6.46. The zero-order chi connectivity index (χ0) is 10.8. The second-order valence-electron chi connectivity index (χ2n) is 3.81. The fourth-order valence-corrected chi connectivity index (χ4v) is 1.66. The van der Waals surface area contributed by atoms with Crippen molar-refractivity contribution in [1.29, 1.82) is 0 Å². The summed E-state index contributed by atoms with van der Waals surface area (Å²) in [6, 6.07) is 0. The molecule has 0 aromatic carbocycles. The molecule has 1 rings (SSSR count). The van der Waals surface area contributed by atoms with Crippen LogP contribution >= 0.6 is 11.8 Å². The first-order valence-electron chi connectivity index (χ1n) is 4.42. The highest BCUT2D eigenvalue weighted by Gasteiger charge is 2.19. The van der Waals surface area contributed by atoms with Crippen LogP contribution in [0.25, 0.3) is 0 Å². The second kappa shape index (κ2) is 4.23. The summed E-state index contributed by atoms with van der Waals surface area (Å²) in [5, 5.41) is 12.8. The molecular formula is C9H16N2O2S. The smallest absolute Gasteiger partial charge is 0.169 e. The van der Waals surface area contributed by atoms with Crippen LogP contribution in [0.2, 0.25) is 0 Å². The molecular weight excluding hydrogens is 200 g/mol. The number of hydrogen-bond acceptors (Lipinski definition) is 5. The largest absolute Gasteiger partial charge is 0.395 e. The zero-order valence-electron chi connectivity index (χ0n) is 8.70. The maximum absolute atomic E-state index is 9.05. The average molecular weight is 216 g/mol. The number of aliphatic hydroxyl groups is 1. The summed E-state index contributed by atoms with van der Waals surface area (Å²) in [6.07, 6.45) is 0. The normalized spacial score (nSPS) is 12.0. The van der Waals surface area contributed by atoms with Crippen molar-refractivity contribution in [3.63, 3.8) is 0 Å². The van der Waals surface area contributed by atoms with Crippen molar-refractivity contribution in [3.8, 4) is 0 Å². The minimum atomic E-state index is -0.173. The summed E-state index contributed by atoms with van der Waals surface area (Å²) >= 11 is 1.60. The fraction of sp³-hybridized carbons (Fsp3) is 0.667. The lowest BCUT2D eigenvalue weighted by molar-refractivity contribution is 0.264. The molecule has 0 bridgehead atoms. The van der Waals surface area contributed by atoms with Crippen LogP contribution in [-0.4, -0.2) is 21.6 Å². The van der Waals surface area contributed by atoms with Crippen molar-refractivity contribution < 1.29 is 9.63 Å². The molecule has 1 aromatic heterocycles. The molecule has 80 valence electrons. The molecule has 0 spiro atoms. The van der Waals surface area contributed by atoms with Gasteiger partial charge in [0, 0.05) is 4.75 Å². The monoisotopic (exact) mass is 216 g/mol. The third kappa shape index (κ3) is 2.65. The Morgan fingerprint density at radius 2 is 2.21 bits per heavy atom. The van der Waals surface area contributed by atoms with Crippen LogP contribution in [0.15, 0.2) is 4.52 Å². The van der Waals surface area contributed by atoms with Gasteiger partial charge in [0.05, 0.1) is 18.0 Å². The van der Waals surface area contributed by atoms with Crippen molar-refractivity contribution in [3.05, 3.63) is 11.5 Å². The van der Waals surface area contributed by atoms with Crippen LogP contribution in [0, 0.1) is 6.92 Å². The Hall–Kier alpha value is -0.680. The van der Waals surface area contributed by atoms with E-state index in [1.165, 1.54) is 0 Å². The lowest BCUT2D eigenvalue weighted by Crippen LogP contribution is -2.20. The molecule has 0 saturated carbocycles. The molecule has 5 heteroatoms. The van der Waals surface area contributed by atoms with E-state index >= 15 is 0 Å². The van der Waals surface area contributed by atoms with Gasteiger partial charge in [-0.25, -0.2) is 0 Å². The lowest BCUT2D eigenvalue weighted by Gasteiger charge is -2.19. The van der Waals surface area contributed by atoms with E-state index in [1.807, 2.05) is 20.8 Å². The standard InChI is InChI=1S/C9H16N2O2S/c1-6-8(10)7(13-11-6)4-14-9(2,3)5-12/h12H,4-5,10H2,1-3H3. The number of aromatic nitrogens is 1. The Kier molecular flexibility index (Phi) is 3.44. The highest BCUT2D eigenvalue weighted by Crippen LogP contribution is 2.30. The van der Waals surface area contributed by atoms with E-state index in [2.05, 4.69) is 5.16 Å². The van der Waals surface area contributed by atoms with Gasteiger partial charge in [0.25, 0.3) is 0 Å². The third-order valence-electron chi connectivity index (χ3n) is 1.96. The van der Waals surface area contributed by atoms with Crippen LogP contribution in [-0.2, 0) is 5.75 Å².